The van der Waals surface area contributed by atoms with Crippen LogP contribution >= 0.6 is 0 Å². The van der Waals surface area contributed by atoms with Crippen LogP contribution in [0, 0.1) is 0 Å². The molecule has 3 rings (SSSR count). The fourth-order valence-electron chi connectivity index (χ4n) is 4.13. The highest BCUT2D eigenvalue weighted by molar-refractivity contribution is 7.89. The van der Waals surface area contributed by atoms with Crippen LogP contribution in [-0.2, 0) is 10.0 Å². The molecule has 0 spiro atoms. The minimum atomic E-state index is -3.60. The van der Waals surface area contributed by atoms with Crippen molar-refractivity contribution in [2.45, 2.75) is 50.0 Å². The smallest absolute Gasteiger partial charge is 0.255 e. The van der Waals surface area contributed by atoms with Crippen LogP contribution in [-0.4, -0.2) is 69.4 Å². The summed E-state index contributed by atoms with van der Waals surface area (Å²) in [5, 5.41) is 2.97. The van der Waals surface area contributed by atoms with E-state index in [-0.39, 0.29) is 16.4 Å². The number of carbonyl (C=O) groups is 1. The van der Waals surface area contributed by atoms with Gasteiger partial charge in [0.2, 0.25) is 10.0 Å². The maximum atomic E-state index is 13.0. The van der Waals surface area contributed by atoms with Gasteiger partial charge in [-0.3, -0.25) is 9.69 Å². The summed E-state index contributed by atoms with van der Waals surface area (Å²) < 4.78 is 32.7. The van der Waals surface area contributed by atoms with Crippen molar-refractivity contribution >= 4 is 15.9 Å². The minimum absolute atomic E-state index is 0.149. The molecule has 2 saturated heterocycles. The largest absolute Gasteiger partial charge is 0.496 e. The van der Waals surface area contributed by atoms with E-state index >= 15 is 0 Å². The van der Waals surface area contributed by atoms with E-state index in [9.17, 15) is 13.2 Å². The maximum Gasteiger partial charge on any atom is 0.255 e. The van der Waals surface area contributed by atoms with E-state index in [1.54, 1.807) is 6.07 Å². The molecule has 156 valence electrons. The number of nitrogens with zero attached hydrogens (tertiary/aromatic N) is 2. The lowest BCUT2D eigenvalue weighted by molar-refractivity contribution is 0.0938. The van der Waals surface area contributed by atoms with E-state index in [1.165, 1.54) is 23.5 Å². The molecule has 0 bridgehead atoms. The first-order valence-corrected chi connectivity index (χ1v) is 11.6. The first-order valence-electron chi connectivity index (χ1n) is 10.2. The van der Waals surface area contributed by atoms with Gasteiger partial charge in [0.1, 0.15) is 5.75 Å². The van der Waals surface area contributed by atoms with Gasteiger partial charge in [0.15, 0.2) is 0 Å². The molecule has 1 aromatic rings. The topological polar surface area (TPSA) is 79.0 Å². The predicted octanol–water partition coefficient (Wildman–Crippen LogP) is 2.08. The molecule has 0 aromatic heterocycles. The van der Waals surface area contributed by atoms with Crippen molar-refractivity contribution in [2.24, 2.45) is 0 Å². The zero-order valence-electron chi connectivity index (χ0n) is 16.8. The third-order valence-electron chi connectivity index (χ3n) is 5.77. The lowest BCUT2D eigenvalue weighted by Crippen LogP contribution is -2.40. The van der Waals surface area contributed by atoms with Crippen molar-refractivity contribution in [2.75, 3.05) is 39.8 Å². The van der Waals surface area contributed by atoms with E-state index in [2.05, 4.69) is 17.1 Å². The molecule has 2 aliphatic heterocycles. The van der Waals surface area contributed by atoms with Crippen LogP contribution in [0.3, 0.4) is 0 Å². The van der Waals surface area contributed by atoms with Crippen molar-refractivity contribution in [3.63, 3.8) is 0 Å². The lowest BCUT2D eigenvalue weighted by atomic mass is 10.1. The fraction of sp³-hybridized carbons (Fsp3) is 0.650. The predicted molar refractivity (Wildman–Crippen MR) is 108 cm³/mol. The number of nitrogens with one attached hydrogen (secondary N) is 1. The highest BCUT2D eigenvalue weighted by Crippen LogP contribution is 2.26. The van der Waals surface area contributed by atoms with Gasteiger partial charge in [-0.15, -0.1) is 0 Å². The van der Waals surface area contributed by atoms with Crippen molar-refractivity contribution in [1.29, 1.82) is 0 Å². The number of ether oxygens (including phenoxy) is 1. The maximum absolute atomic E-state index is 13.0. The van der Waals surface area contributed by atoms with Crippen LogP contribution in [0.2, 0.25) is 0 Å². The van der Waals surface area contributed by atoms with E-state index in [0.29, 0.717) is 31.4 Å². The van der Waals surface area contributed by atoms with Crippen LogP contribution in [0.15, 0.2) is 23.1 Å². The second kappa shape index (κ2) is 9.24. The summed E-state index contributed by atoms with van der Waals surface area (Å²) in [6.07, 6.45) is 5.00. The van der Waals surface area contributed by atoms with E-state index < -0.39 is 10.0 Å². The number of hydrogen-bond donors (Lipinski definition) is 1. The third kappa shape index (κ3) is 4.50. The summed E-state index contributed by atoms with van der Waals surface area (Å²) in [4.78, 5) is 15.3. The zero-order chi connectivity index (χ0) is 20.1. The Morgan fingerprint density at radius 1 is 1.18 bits per heavy atom. The molecule has 28 heavy (non-hydrogen) atoms. The zero-order valence-corrected chi connectivity index (χ0v) is 17.6. The lowest BCUT2D eigenvalue weighted by Gasteiger charge is -2.26. The number of likely N-dealkylation sites (tertiary alicyclic amines) is 1. The normalized spacial score (nSPS) is 21.6. The number of benzene rings is 1. The van der Waals surface area contributed by atoms with Crippen LogP contribution in [0.5, 0.6) is 5.75 Å². The fourth-order valence-corrected chi connectivity index (χ4v) is 5.67. The Balaban J connectivity index is 1.77. The molecule has 2 aliphatic rings. The highest BCUT2D eigenvalue weighted by Gasteiger charge is 2.28. The number of rotatable bonds is 7. The van der Waals surface area contributed by atoms with E-state index in [0.717, 1.165) is 45.2 Å². The summed E-state index contributed by atoms with van der Waals surface area (Å²) in [6.45, 7) is 5.77. The Hall–Kier alpha value is -1.64. The number of amides is 1. The van der Waals surface area contributed by atoms with E-state index in [1.807, 2.05) is 0 Å². The molecule has 0 radical (unpaired) electrons. The quantitative estimate of drug-likeness (QED) is 0.746. The molecule has 1 aromatic carbocycles. The van der Waals surface area contributed by atoms with Crippen molar-refractivity contribution in [3.05, 3.63) is 23.8 Å². The average Bonchev–Trinajstić information content (AvgIpc) is 3.19. The summed E-state index contributed by atoms with van der Waals surface area (Å²) in [5.74, 6) is 0.0874. The molecule has 2 fully saturated rings. The van der Waals surface area contributed by atoms with Gasteiger partial charge in [0.05, 0.1) is 17.6 Å². The molecule has 8 heteroatoms. The van der Waals surface area contributed by atoms with Gasteiger partial charge in [-0.25, -0.2) is 8.42 Å². The molecule has 0 unspecified atom stereocenters. The second-order valence-corrected chi connectivity index (χ2v) is 9.40. The summed E-state index contributed by atoms with van der Waals surface area (Å²) in [5.41, 5.74) is 0.265. The number of sulfonamides is 1. The molecule has 1 N–H and O–H groups in total. The SMILES string of the molecule is CCN1CCC[C@@H]1CNC(=O)c1cc(S(=O)(=O)N2CCCCC2)ccc1OC. The van der Waals surface area contributed by atoms with Gasteiger partial charge in [-0.2, -0.15) is 4.31 Å². The minimum Gasteiger partial charge on any atom is -0.496 e. The standard InChI is InChI=1S/C20H31N3O4S/c1-3-22-11-7-8-16(22)15-21-20(24)18-14-17(9-10-19(18)27-2)28(25,26)23-12-5-4-6-13-23/h9-10,14,16H,3-8,11-13,15H2,1-2H3,(H,21,24)/t16-/m1/s1. The number of carbonyl (C=O) groups excluding carboxylic acids is 1. The molecule has 1 amide bonds. The highest BCUT2D eigenvalue weighted by atomic mass is 32.2. The summed E-state index contributed by atoms with van der Waals surface area (Å²) in [6, 6.07) is 4.87. The average molecular weight is 410 g/mol. The van der Waals surface area contributed by atoms with Crippen LogP contribution in [0.4, 0.5) is 0 Å². The van der Waals surface area contributed by atoms with Crippen molar-refractivity contribution < 1.29 is 17.9 Å². The molecular formula is C20H31N3O4S. The number of methoxy groups -OCH3 is 1. The molecule has 0 saturated carbocycles. The first kappa shape index (κ1) is 21.1. The molecule has 2 heterocycles. The first-order chi connectivity index (χ1) is 13.5. The Labute approximate surface area is 168 Å². The van der Waals surface area contributed by atoms with Crippen LogP contribution < -0.4 is 10.1 Å². The van der Waals surface area contributed by atoms with Gasteiger partial charge in [0.25, 0.3) is 5.91 Å². The third-order valence-corrected chi connectivity index (χ3v) is 7.67. The van der Waals surface area contributed by atoms with E-state index in [4.69, 9.17) is 4.74 Å². The Morgan fingerprint density at radius 2 is 1.93 bits per heavy atom. The van der Waals surface area contributed by atoms with Crippen molar-refractivity contribution in [1.82, 2.24) is 14.5 Å². The summed E-state index contributed by atoms with van der Waals surface area (Å²) >= 11 is 0. The van der Waals surface area contributed by atoms with Crippen LogP contribution in [0.1, 0.15) is 49.4 Å². The number of piperidine rings is 1. The molecule has 0 aliphatic carbocycles. The Morgan fingerprint density at radius 3 is 2.61 bits per heavy atom. The summed E-state index contributed by atoms with van der Waals surface area (Å²) in [7, 11) is -2.11. The van der Waals surface area contributed by atoms with Crippen molar-refractivity contribution in [3.8, 4) is 5.75 Å². The monoisotopic (exact) mass is 409 g/mol. The second-order valence-electron chi connectivity index (χ2n) is 7.46. The molecular weight excluding hydrogens is 378 g/mol. The Kier molecular flexibility index (Phi) is 6.95. The van der Waals surface area contributed by atoms with Gasteiger partial charge in [-0.1, -0.05) is 13.3 Å². The van der Waals surface area contributed by atoms with Gasteiger partial charge in [-0.05, 0) is 57.0 Å². The number of hydrogen-bond acceptors (Lipinski definition) is 5. The molecule has 7 nitrogen and oxygen atoms in total. The van der Waals surface area contributed by atoms with Gasteiger partial charge >= 0.3 is 0 Å². The van der Waals surface area contributed by atoms with Gasteiger partial charge < -0.3 is 10.1 Å². The van der Waals surface area contributed by atoms with Crippen LogP contribution in [0.25, 0.3) is 0 Å². The number of likely N-dealkylation sites (N-methyl/N-ethyl adjacent to an activating group) is 1. The molecule has 1 atom stereocenters. The van der Waals surface area contributed by atoms with Gasteiger partial charge in [0, 0.05) is 25.7 Å². The Bertz CT molecular complexity index is 791.